The van der Waals surface area contributed by atoms with Crippen molar-refractivity contribution in [3.63, 3.8) is 0 Å². The normalized spacial score (nSPS) is 10.5. The Morgan fingerprint density at radius 3 is 2.62 bits per heavy atom. The molecule has 0 saturated carbocycles. The minimum absolute atomic E-state index is 0.305. The van der Waals surface area contributed by atoms with Crippen LogP contribution in [0.25, 0.3) is 11.1 Å². The number of benzene rings is 2. The van der Waals surface area contributed by atoms with Crippen molar-refractivity contribution in [1.29, 1.82) is 0 Å². The molecular weight excluding hydrogens is 332 g/mol. The monoisotopic (exact) mass is 344 g/mol. The minimum Gasteiger partial charge on any atom is -0.488 e. The van der Waals surface area contributed by atoms with Crippen molar-refractivity contribution in [2.24, 2.45) is 0 Å². The number of aromatic nitrogens is 1. The fourth-order valence-electron chi connectivity index (χ4n) is 1.99. The molecule has 3 rings (SSSR count). The highest BCUT2D eigenvalue weighted by Crippen LogP contribution is 2.33. The first-order valence-electron chi connectivity index (χ1n) is 6.41. The van der Waals surface area contributed by atoms with Crippen LogP contribution in [-0.4, -0.2) is 5.16 Å². The van der Waals surface area contributed by atoms with Crippen molar-refractivity contribution in [3.05, 3.63) is 64.8 Å². The summed E-state index contributed by atoms with van der Waals surface area (Å²) in [4.78, 5) is 0. The number of halogens is 1. The van der Waals surface area contributed by atoms with Gasteiger partial charge in [0, 0.05) is 0 Å². The number of rotatable bonds is 4. The Morgan fingerprint density at radius 1 is 1.14 bits per heavy atom. The van der Waals surface area contributed by atoms with Gasteiger partial charge in [-0.05, 0) is 39.2 Å². The molecule has 0 unspecified atom stereocenters. The molecule has 1 heterocycles. The summed E-state index contributed by atoms with van der Waals surface area (Å²) in [5.41, 5.74) is 8.53. The maximum Gasteiger partial charge on any atom is 0.229 e. The minimum atomic E-state index is 0.305. The molecule has 1 aromatic heterocycles. The first-order valence-corrected chi connectivity index (χ1v) is 7.20. The molecule has 0 aliphatic carbocycles. The summed E-state index contributed by atoms with van der Waals surface area (Å²) in [7, 11) is 0. The van der Waals surface area contributed by atoms with E-state index in [0.29, 0.717) is 12.5 Å². The third-order valence-corrected chi connectivity index (χ3v) is 3.70. The van der Waals surface area contributed by atoms with Gasteiger partial charge in [-0.2, -0.15) is 0 Å². The fourth-order valence-corrected chi connectivity index (χ4v) is 2.48. The van der Waals surface area contributed by atoms with Gasteiger partial charge in [-0.25, -0.2) is 0 Å². The van der Waals surface area contributed by atoms with E-state index in [-0.39, 0.29) is 0 Å². The topological polar surface area (TPSA) is 61.3 Å². The van der Waals surface area contributed by atoms with Gasteiger partial charge >= 0.3 is 0 Å². The largest absolute Gasteiger partial charge is 0.488 e. The van der Waals surface area contributed by atoms with Crippen molar-refractivity contribution < 1.29 is 9.26 Å². The standard InChI is InChI=1S/C16H13BrN2O2/c17-14-8-12(13-9-19-21-16(13)18)6-7-15(14)20-10-11-4-2-1-3-5-11/h1-9H,10,18H2. The number of nitrogens with two attached hydrogens (primary N) is 1. The molecular formula is C16H13BrN2O2. The lowest BCUT2D eigenvalue weighted by molar-refractivity contribution is 0.304. The second-order valence-corrected chi connectivity index (χ2v) is 5.38. The first-order chi connectivity index (χ1) is 10.2. The van der Waals surface area contributed by atoms with Gasteiger partial charge in [-0.1, -0.05) is 41.6 Å². The summed E-state index contributed by atoms with van der Waals surface area (Å²) >= 11 is 3.51. The van der Waals surface area contributed by atoms with Crippen LogP contribution in [-0.2, 0) is 6.61 Å². The SMILES string of the molecule is Nc1oncc1-c1ccc(OCc2ccccc2)c(Br)c1. The van der Waals surface area contributed by atoms with Crippen LogP contribution in [0.5, 0.6) is 5.75 Å². The molecule has 0 amide bonds. The second kappa shape index (κ2) is 6.01. The first kappa shape index (κ1) is 13.7. The van der Waals surface area contributed by atoms with E-state index in [1.54, 1.807) is 6.20 Å². The zero-order chi connectivity index (χ0) is 14.7. The smallest absolute Gasteiger partial charge is 0.229 e. The summed E-state index contributed by atoms with van der Waals surface area (Å²) in [6, 6.07) is 15.8. The van der Waals surface area contributed by atoms with Gasteiger partial charge in [-0.3, -0.25) is 0 Å². The Balaban J connectivity index is 1.77. The fraction of sp³-hybridized carbons (Fsp3) is 0.0625. The predicted octanol–water partition coefficient (Wildman–Crippen LogP) is 4.27. The van der Waals surface area contributed by atoms with E-state index < -0.39 is 0 Å². The predicted molar refractivity (Wildman–Crippen MR) is 84.8 cm³/mol. The number of ether oxygens (including phenoxy) is 1. The highest BCUT2D eigenvalue weighted by atomic mass is 79.9. The summed E-state index contributed by atoms with van der Waals surface area (Å²) in [6.45, 7) is 0.522. The summed E-state index contributed by atoms with van der Waals surface area (Å²) in [6.07, 6.45) is 1.60. The van der Waals surface area contributed by atoms with E-state index in [9.17, 15) is 0 Å². The van der Waals surface area contributed by atoms with Crippen molar-refractivity contribution in [2.45, 2.75) is 6.61 Å². The van der Waals surface area contributed by atoms with Gasteiger partial charge in [0.25, 0.3) is 0 Å². The molecule has 0 fully saturated rings. The van der Waals surface area contributed by atoms with Gasteiger partial charge in [0.1, 0.15) is 12.4 Å². The molecule has 0 spiro atoms. The molecule has 0 bridgehead atoms. The number of nitrogen functional groups attached to an aromatic ring is 1. The molecule has 2 aromatic carbocycles. The van der Waals surface area contributed by atoms with E-state index in [0.717, 1.165) is 26.9 Å². The molecule has 3 aromatic rings. The van der Waals surface area contributed by atoms with Gasteiger partial charge in [0.2, 0.25) is 5.88 Å². The zero-order valence-corrected chi connectivity index (χ0v) is 12.7. The van der Waals surface area contributed by atoms with Crippen molar-refractivity contribution in [3.8, 4) is 16.9 Å². The molecule has 106 valence electrons. The molecule has 0 aliphatic rings. The molecule has 0 saturated heterocycles. The molecule has 4 nitrogen and oxygen atoms in total. The summed E-state index contributed by atoms with van der Waals surface area (Å²) < 4.78 is 11.5. The average molecular weight is 345 g/mol. The number of hydrogen-bond donors (Lipinski definition) is 1. The van der Waals surface area contributed by atoms with E-state index in [1.165, 1.54) is 0 Å². The summed E-state index contributed by atoms with van der Waals surface area (Å²) in [5.74, 6) is 1.08. The Morgan fingerprint density at radius 2 is 1.95 bits per heavy atom. The van der Waals surface area contributed by atoms with Gasteiger partial charge in [0.05, 0.1) is 16.2 Å². The van der Waals surface area contributed by atoms with Gasteiger partial charge < -0.3 is 15.0 Å². The number of hydrogen-bond acceptors (Lipinski definition) is 4. The van der Waals surface area contributed by atoms with E-state index in [1.807, 2.05) is 48.5 Å². The van der Waals surface area contributed by atoms with Crippen molar-refractivity contribution in [2.75, 3.05) is 5.73 Å². The molecule has 0 aliphatic heterocycles. The lowest BCUT2D eigenvalue weighted by Crippen LogP contribution is -1.96. The zero-order valence-electron chi connectivity index (χ0n) is 11.1. The van der Waals surface area contributed by atoms with E-state index >= 15 is 0 Å². The maximum absolute atomic E-state index is 5.81. The lowest BCUT2D eigenvalue weighted by atomic mass is 10.1. The van der Waals surface area contributed by atoms with Crippen LogP contribution in [0.15, 0.2) is 63.7 Å². The highest BCUT2D eigenvalue weighted by molar-refractivity contribution is 9.10. The molecule has 0 radical (unpaired) electrons. The highest BCUT2D eigenvalue weighted by Gasteiger charge is 2.10. The Hall–Kier alpha value is -2.27. The maximum atomic E-state index is 5.81. The molecule has 2 N–H and O–H groups in total. The molecule has 21 heavy (non-hydrogen) atoms. The van der Waals surface area contributed by atoms with Crippen molar-refractivity contribution >= 4 is 21.8 Å². The summed E-state index contributed by atoms with van der Waals surface area (Å²) in [5, 5.41) is 3.68. The van der Waals surface area contributed by atoms with E-state index in [2.05, 4.69) is 21.1 Å². The number of nitrogens with zero attached hydrogens (tertiary/aromatic N) is 1. The van der Waals surface area contributed by atoms with Crippen molar-refractivity contribution in [1.82, 2.24) is 5.16 Å². The van der Waals surface area contributed by atoms with E-state index in [4.69, 9.17) is 15.0 Å². The third kappa shape index (κ3) is 3.08. The van der Waals surface area contributed by atoms with Crippen LogP contribution in [0, 0.1) is 0 Å². The second-order valence-electron chi connectivity index (χ2n) is 4.52. The van der Waals surface area contributed by atoms with Crippen LogP contribution in [0.3, 0.4) is 0 Å². The van der Waals surface area contributed by atoms with Crippen LogP contribution in [0.2, 0.25) is 0 Å². The Labute approximate surface area is 130 Å². The van der Waals surface area contributed by atoms with Gasteiger partial charge in [0.15, 0.2) is 0 Å². The molecule has 5 heteroatoms. The average Bonchev–Trinajstić information content (AvgIpc) is 2.93. The van der Waals surface area contributed by atoms with Crippen LogP contribution in [0.1, 0.15) is 5.56 Å². The third-order valence-electron chi connectivity index (χ3n) is 3.08. The van der Waals surface area contributed by atoms with Crippen LogP contribution >= 0.6 is 15.9 Å². The Kier molecular flexibility index (Phi) is 3.92. The van der Waals surface area contributed by atoms with Crippen LogP contribution in [0.4, 0.5) is 5.88 Å². The van der Waals surface area contributed by atoms with Gasteiger partial charge in [-0.15, -0.1) is 0 Å². The number of anilines is 1. The Bertz CT molecular complexity index is 741. The quantitative estimate of drug-likeness (QED) is 0.767. The molecule has 0 atom stereocenters. The lowest BCUT2D eigenvalue weighted by Gasteiger charge is -2.09. The van der Waals surface area contributed by atoms with Crippen LogP contribution < -0.4 is 10.5 Å².